The van der Waals surface area contributed by atoms with Gasteiger partial charge in [0.15, 0.2) is 0 Å². The Morgan fingerprint density at radius 2 is 1.02 bits per heavy atom. The Morgan fingerprint density at radius 3 is 1.57 bits per heavy atom. The summed E-state index contributed by atoms with van der Waals surface area (Å²) in [5.74, 6) is -0.218. The predicted octanol–water partition coefficient (Wildman–Crippen LogP) is 11.7. The average molecular weight is 615 g/mol. The summed E-state index contributed by atoms with van der Waals surface area (Å²) < 4.78 is 11.1. The second kappa shape index (κ2) is 37.3. The van der Waals surface area contributed by atoms with E-state index in [2.05, 4.69) is 74.6 Å². The topological polar surface area (TPSA) is 55.8 Å². The number of rotatable bonds is 33. The molecule has 44 heavy (non-hydrogen) atoms. The molecule has 0 bridgehead atoms. The van der Waals surface area contributed by atoms with Crippen molar-refractivity contribution in [1.82, 2.24) is 0 Å². The van der Waals surface area contributed by atoms with Crippen LogP contribution in [-0.4, -0.2) is 37.0 Å². The Morgan fingerprint density at radius 1 is 0.568 bits per heavy atom. The number of allylic oxidation sites excluding steroid dienone is 10. The molecular formula is C40H70O4. The van der Waals surface area contributed by atoms with Crippen LogP contribution in [0.15, 0.2) is 60.8 Å². The molecule has 4 nitrogen and oxygen atoms in total. The Hall–Kier alpha value is -1.91. The van der Waals surface area contributed by atoms with Crippen molar-refractivity contribution in [1.29, 1.82) is 0 Å². The maximum atomic E-state index is 12.1. The lowest BCUT2D eigenvalue weighted by Gasteiger charge is -2.15. The van der Waals surface area contributed by atoms with Gasteiger partial charge in [-0.3, -0.25) is 4.79 Å². The lowest BCUT2D eigenvalue weighted by molar-refractivity contribution is -0.154. The van der Waals surface area contributed by atoms with Crippen LogP contribution in [-0.2, 0) is 14.3 Å². The Bertz CT molecular complexity index is 734. The highest BCUT2D eigenvalue weighted by atomic mass is 16.6. The van der Waals surface area contributed by atoms with Gasteiger partial charge in [-0.15, -0.1) is 0 Å². The van der Waals surface area contributed by atoms with E-state index in [1.54, 1.807) is 0 Å². The number of esters is 1. The minimum Gasteiger partial charge on any atom is -0.457 e. The van der Waals surface area contributed by atoms with E-state index in [0.717, 1.165) is 57.8 Å². The van der Waals surface area contributed by atoms with Crippen LogP contribution >= 0.6 is 0 Å². The Labute approximate surface area is 273 Å². The summed E-state index contributed by atoms with van der Waals surface area (Å²) in [5, 5.41) is 9.53. The molecule has 0 saturated carbocycles. The standard InChI is InChI=1S/C40H70O4/c1-3-5-7-9-11-13-15-16-17-18-19-20-21-22-23-24-25-26-28-30-32-34-36-43-38-39(37-41)44-40(42)35-33-31-29-27-14-12-10-8-6-4-2/h5,7-8,10-11,13,16-17,19-20,39,41H,3-4,6,9,12,14-15,18,21-38H2,1-2H3/b7-5-,10-8-,13-11-,17-16-,20-19-. The summed E-state index contributed by atoms with van der Waals surface area (Å²) in [6, 6.07) is 0. The molecule has 1 atom stereocenters. The minimum atomic E-state index is -0.541. The highest BCUT2D eigenvalue weighted by molar-refractivity contribution is 5.69. The second-order valence-electron chi connectivity index (χ2n) is 11.9. The van der Waals surface area contributed by atoms with E-state index >= 15 is 0 Å². The highest BCUT2D eigenvalue weighted by Crippen LogP contribution is 2.12. The molecule has 1 unspecified atom stereocenters. The molecule has 0 heterocycles. The number of hydrogen-bond acceptors (Lipinski definition) is 4. The van der Waals surface area contributed by atoms with Crippen LogP contribution in [0, 0.1) is 0 Å². The van der Waals surface area contributed by atoms with E-state index in [0.29, 0.717) is 13.0 Å². The normalized spacial score (nSPS) is 13.1. The lowest BCUT2D eigenvalue weighted by Crippen LogP contribution is -2.27. The maximum Gasteiger partial charge on any atom is 0.306 e. The smallest absolute Gasteiger partial charge is 0.306 e. The molecule has 0 fully saturated rings. The lowest BCUT2D eigenvalue weighted by atomic mass is 10.1. The quantitative estimate of drug-likeness (QED) is 0.0454. The molecule has 0 aromatic carbocycles. The first-order valence-electron chi connectivity index (χ1n) is 18.4. The van der Waals surface area contributed by atoms with E-state index in [1.807, 2.05) is 0 Å². The van der Waals surface area contributed by atoms with Gasteiger partial charge in [-0.25, -0.2) is 0 Å². The van der Waals surface area contributed by atoms with E-state index in [1.165, 1.54) is 83.5 Å². The van der Waals surface area contributed by atoms with Gasteiger partial charge >= 0.3 is 5.97 Å². The third-order valence-electron chi connectivity index (χ3n) is 7.56. The molecule has 0 aliphatic heterocycles. The maximum absolute atomic E-state index is 12.1. The van der Waals surface area contributed by atoms with Crippen molar-refractivity contribution in [2.24, 2.45) is 0 Å². The second-order valence-corrected chi connectivity index (χ2v) is 11.9. The van der Waals surface area contributed by atoms with Gasteiger partial charge in [0.05, 0.1) is 13.2 Å². The molecule has 1 N–H and O–H groups in total. The number of unbranched alkanes of at least 4 members (excludes halogenated alkanes) is 15. The van der Waals surface area contributed by atoms with Gasteiger partial charge in [0, 0.05) is 13.0 Å². The molecule has 0 aromatic heterocycles. The van der Waals surface area contributed by atoms with E-state index < -0.39 is 6.10 Å². The minimum absolute atomic E-state index is 0.180. The van der Waals surface area contributed by atoms with E-state index in [9.17, 15) is 9.90 Å². The van der Waals surface area contributed by atoms with Crippen LogP contribution < -0.4 is 0 Å². The van der Waals surface area contributed by atoms with Gasteiger partial charge in [-0.2, -0.15) is 0 Å². The van der Waals surface area contributed by atoms with Gasteiger partial charge in [0.25, 0.3) is 0 Å². The fraction of sp³-hybridized carbons (Fsp3) is 0.725. The van der Waals surface area contributed by atoms with Crippen molar-refractivity contribution in [2.45, 2.75) is 168 Å². The van der Waals surface area contributed by atoms with Crippen molar-refractivity contribution in [3.8, 4) is 0 Å². The fourth-order valence-electron chi connectivity index (χ4n) is 4.85. The number of ether oxygens (including phenoxy) is 2. The fourth-order valence-corrected chi connectivity index (χ4v) is 4.85. The monoisotopic (exact) mass is 615 g/mol. The first kappa shape index (κ1) is 42.1. The molecule has 0 aliphatic carbocycles. The summed E-state index contributed by atoms with van der Waals surface area (Å²) in [6.07, 6.45) is 48.4. The molecule has 0 spiro atoms. The third-order valence-corrected chi connectivity index (χ3v) is 7.56. The van der Waals surface area contributed by atoms with E-state index in [4.69, 9.17) is 9.47 Å². The summed E-state index contributed by atoms with van der Waals surface area (Å²) in [6.45, 7) is 5.14. The predicted molar refractivity (Wildman–Crippen MR) is 191 cm³/mol. The van der Waals surface area contributed by atoms with Crippen molar-refractivity contribution in [3.05, 3.63) is 60.8 Å². The molecule has 0 saturated heterocycles. The van der Waals surface area contributed by atoms with E-state index in [-0.39, 0.29) is 19.2 Å². The molecule has 254 valence electrons. The molecule has 0 rings (SSSR count). The largest absolute Gasteiger partial charge is 0.457 e. The van der Waals surface area contributed by atoms with Crippen molar-refractivity contribution < 1.29 is 19.4 Å². The van der Waals surface area contributed by atoms with Crippen molar-refractivity contribution >= 4 is 5.97 Å². The van der Waals surface area contributed by atoms with Crippen molar-refractivity contribution in [2.75, 3.05) is 19.8 Å². The molecule has 0 aromatic rings. The zero-order valence-corrected chi connectivity index (χ0v) is 28.9. The molecule has 0 amide bonds. The first-order valence-corrected chi connectivity index (χ1v) is 18.4. The number of aliphatic hydroxyl groups excluding tert-OH is 1. The molecule has 4 heteroatoms. The van der Waals surface area contributed by atoms with Crippen molar-refractivity contribution in [3.63, 3.8) is 0 Å². The molecule has 0 aliphatic rings. The van der Waals surface area contributed by atoms with Gasteiger partial charge in [-0.05, 0) is 70.6 Å². The Kier molecular flexibility index (Phi) is 35.7. The average Bonchev–Trinajstić information content (AvgIpc) is 3.03. The summed E-state index contributed by atoms with van der Waals surface area (Å²) in [7, 11) is 0. The SMILES string of the molecule is CC/C=C\C/C=C\C/C=C\C/C=C\CCCCCCCCCCCOCC(CO)OC(=O)CCCCCCC/C=C\CCC. The summed E-state index contributed by atoms with van der Waals surface area (Å²) in [5.41, 5.74) is 0. The summed E-state index contributed by atoms with van der Waals surface area (Å²) in [4.78, 5) is 12.1. The highest BCUT2D eigenvalue weighted by Gasteiger charge is 2.13. The van der Waals surface area contributed by atoms with Gasteiger partial charge in [0.2, 0.25) is 0 Å². The third kappa shape index (κ3) is 34.6. The van der Waals surface area contributed by atoms with Gasteiger partial charge in [-0.1, -0.05) is 145 Å². The number of carbonyl (C=O) groups excluding carboxylic acids is 1. The molecule has 0 radical (unpaired) electrons. The van der Waals surface area contributed by atoms with Crippen LogP contribution in [0.2, 0.25) is 0 Å². The molecular weight excluding hydrogens is 544 g/mol. The van der Waals surface area contributed by atoms with Gasteiger partial charge in [0.1, 0.15) is 6.10 Å². The summed E-state index contributed by atoms with van der Waals surface area (Å²) >= 11 is 0. The van der Waals surface area contributed by atoms with Gasteiger partial charge < -0.3 is 14.6 Å². The van der Waals surface area contributed by atoms with Crippen LogP contribution in [0.1, 0.15) is 162 Å². The van der Waals surface area contributed by atoms with Crippen LogP contribution in [0.4, 0.5) is 0 Å². The Balaban J connectivity index is 3.46. The zero-order chi connectivity index (χ0) is 32.0. The van der Waals surface area contributed by atoms with Crippen LogP contribution in [0.5, 0.6) is 0 Å². The first-order chi connectivity index (χ1) is 21.7. The van der Waals surface area contributed by atoms with Crippen LogP contribution in [0.3, 0.4) is 0 Å². The zero-order valence-electron chi connectivity index (χ0n) is 28.9. The number of aliphatic hydroxyl groups is 1. The number of carbonyl (C=O) groups is 1. The number of hydrogen-bond donors (Lipinski definition) is 1. The van der Waals surface area contributed by atoms with Crippen LogP contribution in [0.25, 0.3) is 0 Å².